The quantitative estimate of drug-likeness (QED) is 0.737. The minimum absolute atomic E-state index is 0.746. The Morgan fingerprint density at radius 1 is 1.20 bits per heavy atom. The largest absolute Gasteiger partial charge is 0.371 e. The SMILES string of the molecule is CN(c1ccnc2ccccc12)C1CC1. The summed E-state index contributed by atoms with van der Waals surface area (Å²) in [7, 11) is 2.18. The summed E-state index contributed by atoms with van der Waals surface area (Å²) in [6, 6.07) is 11.2. The summed E-state index contributed by atoms with van der Waals surface area (Å²) in [5.74, 6) is 0. The first kappa shape index (κ1) is 8.72. The molecule has 1 aliphatic carbocycles. The summed E-state index contributed by atoms with van der Waals surface area (Å²) in [5, 5.41) is 1.26. The molecule has 1 fully saturated rings. The molecule has 1 heterocycles. The maximum Gasteiger partial charge on any atom is 0.0722 e. The van der Waals surface area contributed by atoms with E-state index in [4.69, 9.17) is 0 Å². The monoisotopic (exact) mass is 198 g/mol. The van der Waals surface area contributed by atoms with E-state index in [0.29, 0.717) is 0 Å². The van der Waals surface area contributed by atoms with Crippen molar-refractivity contribution in [3.63, 3.8) is 0 Å². The minimum Gasteiger partial charge on any atom is -0.371 e. The summed E-state index contributed by atoms with van der Waals surface area (Å²) in [5.41, 5.74) is 2.39. The van der Waals surface area contributed by atoms with Crippen molar-refractivity contribution in [3.05, 3.63) is 36.5 Å². The number of anilines is 1. The van der Waals surface area contributed by atoms with Crippen LogP contribution in [0.25, 0.3) is 10.9 Å². The van der Waals surface area contributed by atoms with Crippen LogP contribution in [0.5, 0.6) is 0 Å². The first-order chi connectivity index (χ1) is 7.36. The van der Waals surface area contributed by atoms with Crippen molar-refractivity contribution >= 4 is 16.6 Å². The first-order valence-corrected chi connectivity index (χ1v) is 5.43. The Labute approximate surface area is 89.5 Å². The van der Waals surface area contributed by atoms with Crippen LogP contribution in [0.4, 0.5) is 5.69 Å². The number of fused-ring (bicyclic) bond motifs is 1. The second-order valence-corrected chi connectivity index (χ2v) is 4.19. The fraction of sp³-hybridized carbons (Fsp3) is 0.308. The van der Waals surface area contributed by atoms with Gasteiger partial charge in [-0.15, -0.1) is 0 Å². The molecule has 0 N–H and O–H groups in total. The lowest BCUT2D eigenvalue weighted by Gasteiger charge is -2.20. The Bertz CT molecular complexity index is 483. The van der Waals surface area contributed by atoms with E-state index in [1.807, 2.05) is 12.3 Å². The Morgan fingerprint density at radius 2 is 2.00 bits per heavy atom. The number of hydrogen-bond acceptors (Lipinski definition) is 2. The van der Waals surface area contributed by atoms with Gasteiger partial charge in [0.2, 0.25) is 0 Å². The van der Waals surface area contributed by atoms with Gasteiger partial charge in [0.05, 0.1) is 5.52 Å². The van der Waals surface area contributed by atoms with Crippen LogP contribution in [-0.4, -0.2) is 18.1 Å². The molecule has 0 spiro atoms. The number of benzene rings is 1. The second-order valence-electron chi connectivity index (χ2n) is 4.19. The van der Waals surface area contributed by atoms with Gasteiger partial charge in [0.15, 0.2) is 0 Å². The van der Waals surface area contributed by atoms with Gasteiger partial charge in [-0.3, -0.25) is 4.98 Å². The van der Waals surface area contributed by atoms with Gasteiger partial charge < -0.3 is 4.90 Å². The molecule has 2 heteroatoms. The van der Waals surface area contributed by atoms with E-state index >= 15 is 0 Å². The Morgan fingerprint density at radius 3 is 2.80 bits per heavy atom. The highest BCUT2D eigenvalue weighted by atomic mass is 15.2. The molecule has 1 aliphatic rings. The zero-order chi connectivity index (χ0) is 10.3. The average molecular weight is 198 g/mol. The number of rotatable bonds is 2. The van der Waals surface area contributed by atoms with Gasteiger partial charge in [0, 0.05) is 30.4 Å². The zero-order valence-electron chi connectivity index (χ0n) is 8.85. The van der Waals surface area contributed by atoms with Crippen molar-refractivity contribution in [3.8, 4) is 0 Å². The third-order valence-corrected chi connectivity index (χ3v) is 3.10. The zero-order valence-corrected chi connectivity index (χ0v) is 8.85. The molecule has 0 radical (unpaired) electrons. The van der Waals surface area contributed by atoms with Crippen LogP contribution in [0.3, 0.4) is 0 Å². The van der Waals surface area contributed by atoms with Crippen LogP contribution in [0.1, 0.15) is 12.8 Å². The number of para-hydroxylation sites is 1. The van der Waals surface area contributed by atoms with Crippen LogP contribution >= 0.6 is 0 Å². The molecule has 76 valence electrons. The molecule has 15 heavy (non-hydrogen) atoms. The van der Waals surface area contributed by atoms with E-state index in [1.54, 1.807) is 0 Å². The smallest absolute Gasteiger partial charge is 0.0722 e. The molecule has 1 saturated carbocycles. The van der Waals surface area contributed by atoms with E-state index in [9.17, 15) is 0 Å². The molecule has 2 aromatic rings. The lowest BCUT2D eigenvalue weighted by molar-refractivity contribution is 0.921. The summed E-state index contributed by atoms with van der Waals surface area (Å²) in [6.07, 6.45) is 4.55. The fourth-order valence-corrected chi connectivity index (χ4v) is 2.05. The van der Waals surface area contributed by atoms with Crippen molar-refractivity contribution in [2.45, 2.75) is 18.9 Å². The Balaban J connectivity index is 2.16. The molecule has 3 rings (SSSR count). The van der Waals surface area contributed by atoms with Gasteiger partial charge >= 0.3 is 0 Å². The number of nitrogens with zero attached hydrogens (tertiary/aromatic N) is 2. The van der Waals surface area contributed by atoms with E-state index < -0.39 is 0 Å². The maximum atomic E-state index is 4.38. The van der Waals surface area contributed by atoms with Crippen molar-refractivity contribution < 1.29 is 0 Å². The maximum absolute atomic E-state index is 4.38. The van der Waals surface area contributed by atoms with Crippen LogP contribution in [0, 0.1) is 0 Å². The molecule has 0 aliphatic heterocycles. The first-order valence-electron chi connectivity index (χ1n) is 5.43. The van der Waals surface area contributed by atoms with Gasteiger partial charge in [-0.1, -0.05) is 18.2 Å². The van der Waals surface area contributed by atoms with Crippen LogP contribution < -0.4 is 4.90 Å². The number of aromatic nitrogens is 1. The predicted octanol–water partition coefficient (Wildman–Crippen LogP) is 2.83. The topological polar surface area (TPSA) is 16.1 Å². The van der Waals surface area contributed by atoms with Crippen LogP contribution in [0.15, 0.2) is 36.5 Å². The van der Waals surface area contributed by atoms with Gasteiger partial charge in [-0.25, -0.2) is 0 Å². The molecular weight excluding hydrogens is 184 g/mol. The Hall–Kier alpha value is -1.57. The highest BCUT2D eigenvalue weighted by Crippen LogP contribution is 2.33. The molecule has 0 unspecified atom stereocenters. The summed E-state index contributed by atoms with van der Waals surface area (Å²) >= 11 is 0. The van der Waals surface area contributed by atoms with E-state index in [0.717, 1.165) is 11.6 Å². The van der Waals surface area contributed by atoms with Crippen molar-refractivity contribution in [2.75, 3.05) is 11.9 Å². The van der Waals surface area contributed by atoms with Gasteiger partial charge in [-0.05, 0) is 25.0 Å². The van der Waals surface area contributed by atoms with Crippen LogP contribution in [-0.2, 0) is 0 Å². The molecular formula is C13H14N2. The van der Waals surface area contributed by atoms with E-state index in [2.05, 4.69) is 41.2 Å². The van der Waals surface area contributed by atoms with E-state index in [1.165, 1.54) is 23.9 Å². The summed E-state index contributed by atoms with van der Waals surface area (Å²) in [6.45, 7) is 0. The van der Waals surface area contributed by atoms with Gasteiger partial charge in [0.1, 0.15) is 0 Å². The molecule has 2 nitrogen and oxygen atoms in total. The second kappa shape index (κ2) is 3.23. The lowest BCUT2D eigenvalue weighted by Crippen LogP contribution is -2.19. The van der Waals surface area contributed by atoms with E-state index in [-0.39, 0.29) is 0 Å². The third kappa shape index (κ3) is 1.46. The molecule has 0 atom stereocenters. The van der Waals surface area contributed by atoms with Crippen LogP contribution in [0.2, 0.25) is 0 Å². The van der Waals surface area contributed by atoms with Gasteiger partial charge in [-0.2, -0.15) is 0 Å². The predicted molar refractivity (Wildman–Crippen MR) is 63.2 cm³/mol. The molecule has 0 saturated heterocycles. The Kier molecular flexibility index (Phi) is 1.88. The molecule has 0 amide bonds. The van der Waals surface area contributed by atoms with Crippen molar-refractivity contribution in [1.82, 2.24) is 4.98 Å². The minimum atomic E-state index is 0.746. The van der Waals surface area contributed by atoms with Gasteiger partial charge in [0.25, 0.3) is 0 Å². The molecule has 1 aromatic carbocycles. The third-order valence-electron chi connectivity index (χ3n) is 3.10. The highest BCUT2D eigenvalue weighted by molar-refractivity contribution is 5.91. The average Bonchev–Trinajstić information content (AvgIpc) is 3.11. The lowest BCUT2D eigenvalue weighted by atomic mass is 10.2. The molecule has 1 aromatic heterocycles. The fourth-order valence-electron chi connectivity index (χ4n) is 2.05. The summed E-state index contributed by atoms with van der Waals surface area (Å²) in [4.78, 5) is 6.76. The number of hydrogen-bond donors (Lipinski definition) is 0. The standard InChI is InChI=1S/C13H14N2/c1-15(10-6-7-10)13-8-9-14-12-5-3-2-4-11(12)13/h2-5,8-10H,6-7H2,1H3. The number of pyridine rings is 1. The van der Waals surface area contributed by atoms with Crippen molar-refractivity contribution in [2.24, 2.45) is 0 Å². The summed E-state index contributed by atoms with van der Waals surface area (Å²) < 4.78 is 0. The molecule has 0 bridgehead atoms. The van der Waals surface area contributed by atoms with Crippen molar-refractivity contribution in [1.29, 1.82) is 0 Å². The highest BCUT2D eigenvalue weighted by Gasteiger charge is 2.27. The normalized spacial score (nSPS) is 15.5.